The third kappa shape index (κ3) is 5.24. The zero-order chi connectivity index (χ0) is 22.0. The Morgan fingerprint density at radius 1 is 0.968 bits per heavy atom. The monoisotopic (exact) mass is 420 g/mol. The van der Waals surface area contributed by atoms with Crippen molar-refractivity contribution in [2.45, 2.75) is 45.4 Å². The van der Waals surface area contributed by atoms with Gasteiger partial charge in [-0.1, -0.05) is 32.9 Å². The van der Waals surface area contributed by atoms with Gasteiger partial charge in [-0.2, -0.15) is 0 Å². The summed E-state index contributed by atoms with van der Waals surface area (Å²) in [6, 6.07) is 11.6. The molecule has 2 aliphatic rings. The third-order valence-corrected chi connectivity index (χ3v) is 6.08. The molecule has 164 valence electrons. The minimum atomic E-state index is -0.140. The maximum atomic E-state index is 12.6. The van der Waals surface area contributed by atoms with E-state index in [0.717, 1.165) is 51.3 Å². The summed E-state index contributed by atoms with van der Waals surface area (Å²) >= 11 is 0. The van der Waals surface area contributed by atoms with E-state index in [4.69, 9.17) is 0 Å². The van der Waals surface area contributed by atoms with Gasteiger partial charge in [0.2, 0.25) is 5.91 Å². The summed E-state index contributed by atoms with van der Waals surface area (Å²) in [4.78, 5) is 33.7. The fourth-order valence-electron chi connectivity index (χ4n) is 3.93. The highest BCUT2D eigenvalue weighted by Gasteiger charge is 2.34. The zero-order valence-corrected chi connectivity index (χ0v) is 18.7. The lowest BCUT2D eigenvalue weighted by Gasteiger charge is -2.23. The van der Waals surface area contributed by atoms with Gasteiger partial charge in [0.05, 0.1) is 11.9 Å². The first-order valence-corrected chi connectivity index (χ1v) is 11.2. The molecule has 1 aliphatic heterocycles. The molecule has 0 unspecified atom stereocenters. The van der Waals surface area contributed by atoms with Crippen molar-refractivity contribution in [3.63, 3.8) is 0 Å². The van der Waals surface area contributed by atoms with Crippen LogP contribution in [-0.2, 0) is 10.2 Å². The maximum absolute atomic E-state index is 12.6. The first kappa shape index (κ1) is 21.3. The van der Waals surface area contributed by atoms with Gasteiger partial charge in [0.25, 0.3) is 5.91 Å². The number of nitrogens with one attached hydrogen (secondary N) is 1. The first-order valence-electron chi connectivity index (χ1n) is 11.2. The molecule has 2 amide bonds. The number of hydrogen-bond donors (Lipinski definition) is 1. The molecular weight excluding hydrogens is 388 g/mol. The molecule has 6 heteroatoms. The molecule has 1 aliphatic carbocycles. The third-order valence-electron chi connectivity index (χ3n) is 6.08. The first-order chi connectivity index (χ1) is 14.8. The molecule has 4 rings (SSSR count). The van der Waals surface area contributed by atoms with Gasteiger partial charge in [-0.05, 0) is 54.5 Å². The van der Waals surface area contributed by atoms with E-state index >= 15 is 0 Å². The van der Waals surface area contributed by atoms with Crippen LogP contribution in [-0.4, -0.2) is 47.9 Å². The lowest BCUT2D eigenvalue weighted by molar-refractivity contribution is -0.132. The minimum absolute atomic E-state index is 0.0598. The lowest BCUT2D eigenvalue weighted by atomic mass is 9.87. The van der Waals surface area contributed by atoms with E-state index in [-0.39, 0.29) is 17.2 Å². The van der Waals surface area contributed by atoms with Gasteiger partial charge in [0, 0.05) is 37.7 Å². The Hall–Kier alpha value is -2.89. The topological polar surface area (TPSA) is 65.5 Å². The molecule has 2 aromatic rings. The number of rotatable bonds is 4. The van der Waals surface area contributed by atoms with Gasteiger partial charge >= 0.3 is 0 Å². The Morgan fingerprint density at radius 3 is 2.32 bits per heavy atom. The van der Waals surface area contributed by atoms with E-state index in [1.54, 1.807) is 6.20 Å². The normalized spacial score (nSPS) is 17.3. The number of pyridine rings is 1. The molecular formula is C25H32N4O2. The van der Waals surface area contributed by atoms with Gasteiger partial charge in [0.1, 0.15) is 5.82 Å². The molecule has 6 nitrogen and oxygen atoms in total. The fraction of sp³-hybridized carbons (Fsp3) is 0.480. The highest BCUT2D eigenvalue weighted by molar-refractivity contribution is 6.04. The largest absolute Gasteiger partial charge is 0.355 e. The number of amides is 2. The van der Waals surface area contributed by atoms with Crippen molar-refractivity contribution in [3.05, 3.63) is 53.7 Å². The number of benzene rings is 1. The van der Waals surface area contributed by atoms with Crippen molar-refractivity contribution in [2.75, 3.05) is 36.4 Å². The summed E-state index contributed by atoms with van der Waals surface area (Å²) in [7, 11) is 0. The Balaban J connectivity index is 1.34. The second-order valence-corrected chi connectivity index (χ2v) is 9.63. The van der Waals surface area contributed by atoms with Crippen molar-refractivity contribution < 1.29 is 9.59 Å². The molecule has 2 fully saturated rings. The molecule has 1 saturated carbocycles. The smallest absolute Gasteiger partial charge is 0.255 e. The number of carbonyl (C=O) groups excluding carboxylic acids is 2. The van der Waals surface area contributed by atoms with Crippen molar-refractivity contribution in [2.24, 2.45) is 5.92 Å². The van der Waals surface area contributed by atoms with Crippen molar-refractivity contribution in [1.82, 2.24) is 9.88 Å². The molecule has 1 aromatic carbocycles. The summed E-state index contributed by atoms with van der Waals surface area (Å²) in [5.74, 6) is 1.34. The van der Waals surface area contributed by atoms with Gasteiger partial charge in [0.15, 0.2) is 0 Å². The predicted octanol–water partition coefficient (Wildman–Crippen LogP) is 4.08. The zero-order valence-electron chi connectivity index (χ0n) is 18.7. The molecule has 0 bridgehead atoms. The highest BCUT2D eigenvalue weighted by atomic mass is 16.2. The van der Waals surface area contributed by atoms with Crippen LogP contribution >= 0.6 is 0 Å². The Bertz CT molecular complexity index is 927. The molecule has 2 heterocycles. The van der Waals surface area contributed by atoms with Gasteiger partial charge in [-0.15, -0.1) is 0 Å². The van der Waals surface area contributed by atoms with E-state index < -0.39 is 0 Å². The van der Waals surface area contributed by atoms with E-state index in [2.05, 4.69) is 36.0 Å². The molecule has 0 spiro atoms. The van der Waals surface area contributed by atoms with Crippen LogP contribution < -0.4 is 10.2 Å². The molecule has 0 atom stereocenters. The molecule has 0 radical (unpaired) electrons. The van der Waals surface area contributed by atoms with Crippen molar-refractivity contribution in [3.8, 4) is 0 Å². The number of hydrogen-bond acceptors (Lipinski definition) is 4. The summed E-state index contributed by atoms with van der Waals surface area (Å²) in [6.07, 6.45) is 4.75. The molecule has 1 saturated heterocycles. The van der Waals surface area contributed by atoms with Crippen LogP contribution in [0.15, 0.2) is 42.6 Å². The summed E-state index contributed by atoms with van der Waals surface area (Å²) in [6.45, 7) is 9.71. The van der Waals surface area contributed by atoms with Gasteiger partial charge in [-0.25, -0.2) is 4.98 Å². The van der Waals surface area contributed by atoms with E-state index in [1.807, 2.05) is 41.3 Å². The second kappa shape index (κ2) is 8.69. The van der Waals surface area contributed by atoms with Crippen LogP contribution in [0.4, 0.5) is 11.5 Å². The van der Waals surface area contributed by atoms with E-state index in [1.165, 1.54) is 5.56 Å². The second-order valence-electron chi connectivity index (χ2n) is 9.63. The van der Waals surface area contributed by atoms with Crippen LogP contribution in [0.5, 0.6) is 0 Å². The van der Waals surface area contributed by atoms with Crippen LogP contribution in [0.1, 0.15) is 56.0 Å². The fourth-order valence-corrected chi connectivity index (χ4v) is 3.93. The van der Waals surface area contributed by atoms with Crippen LogP contribution in [0.25, 0.3) is 0 Å². The summed E-state index contributed by atoms with van der Waals surface area (Å²) < 4.78 is 0. The number of carbonyl (C=O) groups is 2. The molecule has 1 N–H and O–H groups in total. The summed E-state index contributed by atoms with van der Waals surface area (Å²) in [5, 5.41) is 2.93. The Labute approximate surface area is 184 Å². The lowest BCUT2D eigenvalue weighted by Crippen LogP contribution is -2.36. The van der Waals surface area contributed by atoms with Crippen LogP contribution in [0.3, 0.4) is 0 Å². The minimum Gasteiger partial charge on any atom is -0.355 e. The van der Waals surface area contributed by atoms with E-state index in [0.29, 0.717) is 17.2 Å². The number of nitrogens with zero attached hydrogens (tertiary/aromatic N) is 3. The summed E-state index contributed by atoms with van der Waals surface area (Å²) in [5.41, 5.74) is 2.56. The average Bonchev–Trinajstić information content (AvgIpc) is 3.60. The predicted molar refractivity (Wildman–Crippen MR) is 123 cm³/mol. The molecule has 1 aromatic heterocycles. The van der Waals surface area contributed by atoms with Crippen molar-refractivity contribution >= 4 is 23.3 Å². The number of anilines is 2. The van der Waals surface area contributed by atoms with Crippen LogP contribution in [0.2, 0.25) is 0 Å². The van der Waals surface area contributed by atoms with Gasteiger partial charge < -0.3 is 15.1 Å². The number of aromatic nitrogens is 1. The highest BCUT2D eigenvalue weighted by Crippen LogP contribution is 2.31. The standard InChI is InChI=1S/C25H32N4O2/c1-25(2,3)20-9-7-18(8-10-20)23(30)27-21-11-12-22(26-17-21)28-13-4-14-29(16-15-28)24(31)19-5-6-19/h7-12,17,19H,4-6,13-16H2,1-3H3,(H,27,30). The quantitative estimate of drug-likeness (QED) is 0.809. The Morgan fingerprint density at radius 2 is 1.71 bits per heavy atom. The SMILES string of the molecule is CC(C)(C)c1ccc(C(=O)Nc2ccc(N3CCCN(C(=O)C4CC4)CC3)nc2)cc1. The van der Waals surface area contributed by atoms with Crippen LogP contribution in [0, 0.1) is 5.92 Å². The van der Waals surface area contributed by atoms with E-state index in [9.17, 15) is 9.59 Å². The molecule has 31 heavy (non-hydrogen) atoms. The average molecular weight is 421 g/mol. The Kier molecular flexibility index (Phi) is 5.99. The maximum Gasteiger partial charge on any atom is 0.255 e. The van der Waals surface area contributed by atoms with Crippen molar-refractivity contribution in [1.29, 1.82) is 0 Å². The van der Waals surface area contributed by atoms with Gasteiger partial charge in [-0.3, -0.25) is 9.59 Å².